The van der Waals surface area contributed by atoms with Gasteiger partial charge < -0.3 is 15.2 Å². The van der Waals surface area contributed by atoms with Crippen molar-refractivity contribution in [1.82, 2.24) is 25.2 Å². The normalized spacial score (nSPS) is 20.6. The average Bonchev–Trinajstić information content (AvgIpc) is 3.01. The second-order valence-electron chi connectivity index (χ2n) is 6.36. The Morgan fingerprint density at radius 1 is 1.33 bits per heavy atom. The number of hydrogen-bond acceptors (Lipinski definition) is 4. The first-order valence-electron chi connectivity index (χ1n) is 8.12. The van der Waals surface area contributed by atoms with E-state index in [2.05, 4.69) is 25.6 Å². The third-order valence-electron chi connectivity index (χ3n) is 4.30. The molecule has 1 aliphatic carbocycles. The zero-order valence-corrected chi connectivity index (χ0v) is 13.9. The van der Waals surface area contributed by atoms with Crippen molar-refractivity contribution >= 4 is 28.9 Å². The number of rotatable bonds is 3. The Morgan fingerprint density at radius 2 is 2.17 bits per heavy atom. The number of nitrogens with one attached hydrogen (secondary N) is 3. The first-order valence-corrected chi connectivity index (χ1v) is 8.12. The summed E-state index contributed by atoms with van der Waals surface area (Å²) >= 11 is 0. The van der Waals surface area contributed by atoms with Gasteiger partial charge in [-0.1, -0.05) is 6.42 Å². The second kappa shape index (κ2) is 6.86. The highest BCUT2D eigenvalue weighted by Crippen LogP contribution is 2.25. The number of aromatic amines is 1. The molecule has 2 aromatic rings. The van der Waals surface area contributed by atoms with Crippen LogP contribution in [-0.2, 0) is 4.79 Å². The zero-order valence-electron chi connectivity index (χ0n) is 13.9. The van der Waals surface area contributed by atoms with Gasteiger partial charge in [-0.2, -0.15) is 0 Å². The van der Waals surface area contributed by atoms with E-state index in [4.69, 9.17) is 0 Å². The molecule has 24 heavy (non-hydrogen) atoms. The molecule has 0 aromatic carbocycles. The van der Waals surface area contributed by atoms with E-state index in [1.54, 1.807) is 31.3 Å². The Morgan fingerprint density at radius 3 is 2.96 bits per heavy atom. The van der Waals surface area contributed by atoms with E-state index in [0.717, 1.165) is 19.3 Å². The van der Waals surface area contributed by atoms with Crippen molar-refractivity contribution in [2.45, 2.75) is 31.7 Å². The molecule has 0 saturated heterocycles. The number of hydrogen-bond donors (Lipinski definition) is 3. The second-order valence-corrected chi connectivity index (χ2v) is 6.36. The van der Waals surface area contributed by atoms with Gasteiger partial charge in [0.1, 0.15) is 5.52 Å². The number of carbonyl (C=O) groups is 2. The lowest BCUT2D eigenvalue weighted by Gasteiger charge is -2.30. The molecule has 1 saturated carbocycles. The zero-order chi connectivity index (χ0) is 17.1. The van der Waals surface area contributed by atoms with Crippen LogP contribution in [0.15, 0.2) is 18.5 Å². The lowest BCUT2D eigenvalue weighted by atomic mass is 9.85. The summed E-state index contributed by atoms with van der Waals surface area (Å²) < 4.78 is 0. The molecule has 0 radical (unpaired) electrons. The van der Waals surface area contributed by atoms with E-state index in [1.807, 2.05) is 0 Å². The molecule has 3 N–H and O–H groups in total. The maximum absolute atomic E-state index is 12.2. The fraction of sp³-hybridized carbons (Fsp3) is 0.500. The van der Waals surface area contributed by atoms with E-state index in [9.17, 15) is 9.59 Å². The summed E-state index contributed by atoms with van der Waals surface area (Å²) in [7, 11) is 3.53. The number of amides is 3. The first-order chi connectivity index (χ1) is 11.5. The Hall–Kier alpha value is -2.64. The summed E-state index contributed by atoms with van der Waals surface area (Å²) in [6.07, 6.45) is 6.63. The summed E-state index contributed by atoms with van der Waals surface area (Å²) in [5.41, 5.74) is 1.38. The minimum Gasteiger partial charge on any atom is -0.349 e. The Balaban J connectivity index is 1.56. The smallest absolute Gasteiger partial charge is 0.320 e. The van der Waals surface area contributed by atoms with Crippen molar-refractivity contribution in [3.63, 3.8) is 0 Å². The first kappa shape index (κ1) is 16.2. The van der Waals surface area contributed by atoms with Crippen LogP contribution in [0.4, 0.5) is 10.6 Å². The minimum absolute atomic E-state index is 0.00315. The number of urea groups is 1. The number of fused-ring (bicyclic) bond motifs is 1. The maximum atomic E-state index is 12.2. The molecule has 0 bridgehead atoms. The van der Waals surface area contributed by atoms with E-state index in [-0.39, 0.29) is 23.9 Å². The molecule has 3 amide bonds. The van der Waals surface area contributed by atoms with Crippen LogP contribution in [0, 0.1) is 5.92 Å². The van der Waals surface area contributed by atoms with Crippen LogP contribution in [0.5, 0.6) is 0 Å². The van der Waals surface area contributed by atoms with Crippen molar-refractivity contribution in [2.75, 3.05) is 19.4 Å². The largest absolute Gasteiger partial charge is 0.349 e. The Bertz CT molecular complexity index is 741. The predicted octanol–water partition coefficient (Wildman–Crippen LogP) is 1.73. The molecule has 8 heteroatoms. The molecule has 0 aliphatic heterocycles. The summed E-state index contributed by atoms with van der Waals surface area (Å²) in [5.74, 6) is 0.511. The third-order valence-corrected chi connectivity index (χ3v) is 4.30. The van der Waals surface area contributed by atoms with Gasteiger partial charge in [0.05, 0.1) is 6.20 Å². The molecule has 0 spiro atoms. The maximum Gasteiger partial charge on any atom is 0.320 e. The molecule has 2 atom stereocenters. The van der Waals surface area contributed by atoms with Crippen LogP contribution in [0.25, 0.3) is 11.2 Å². The predicted molar refractivity (Wildman–Crippen MR) is 90.5 cm³/mol. The van der Waals surface area contributed by atoms with Crippen molar-refractivity contribution < 1.29 is 9.59 Å². The van der Waals surface area contributed by atoms with E-state index in [1.165, 1.54) is 6.20 Å². The van der Waals surface area contributed by atoms with Crippen molar-refractivity contribution in [3.8, 4) is 0 Å². The highest BCUT2D eigenvalue weighted by molar-refractivity contribution is 5.89. The average molecular weight is 330 g/mol. The molecule has 2 aromatic heterocycles. The van der Waals surface area contributed by atoms with Gasteiger partial charge in [0.25, 0.3) is 0 Å². The molecular formula is C16H22N6O2. The third kappa shape index (κ3) is 3.64. The van der Waals surface area contributed by atoms with Gasteiger partial charge in [-0.25, -0.2) is 14.8 Å². The quantitative estimate of drug-likeness (QED) is 0.797. The van der Waals surface area contributed by atoms with Crippen molar-refractivity contribution in [1.29, 1.82) is 0 Å². The van der Waals surface area contributed by atoms with E-state index in [0.29, 0.717) is 23.4 Å². The lowest BCUT2D eigenvalue weighted by molar-refractivity contribution is -0.134. The SMILES string of the molecule is CN(C)C(=O)[C@H]1CCC[C@H](NC(=O)Nc2cnc3[nH]ccc3n2)C1. The Labute approximate surface area is 140 Å². The van der Waals surface area contributed by atoms with E-state index < -0.39 is 0 Å². The van der Waals surface area contributed by atoms with Gasteiger partial charge in [-0.3, -0.25) is 10.1 Å². The standard InChI is InChI=1S/C16H22N6O2/c1-22(2)15(23)10-4-3-5-11(8-10)19-16(24)21-13-9-18-14-12(20-13)6-7-17-14/h6-7,9-11H,3-5,8H2,1-2H3,(H,17,18)(H2,19,20,21,24)/t10-,11-/m0/s1. The van der Waals surface area contributed by atoms with E-state index >= 15 is 0 Å². The molecule has 128 valence electrons. The summed E-state index contributed by atoms with van der Waals surface area (Å²) in [6, 6.07) is 1.48. The van der Waals surface area contributed by atoms with Gasteiger partial charge in [-0.15, -0.1) is 0 Å². The van der Waals surface area contributed by atoms with Gasteiger partial charge >= 0.3 is 6.03 Å². The molecule has 8 nitrogen and oxygen atoms in total. The summed E-state index contributed by atoms with van der Waals surface area (Å²) in [6.45, 7) is 0. The fourth-order valence-electron chi connectivity index (χ4n) is 3.14. The molecule has 3 rings (SSSR count). The fourth-order valence-corrected chi connectivity index (χ4v) is 3.14. The number of anilines is 1. The summed E-state index contributed by atoms with van der Waals surface area (Å²) in [4.78, 5) is 37.3. The van der Waals surface area contributed by atoms with Gasteiger partial charge in [0.2, 0.25) is 5.91 Å². The van der Waals surface area contributed by atoms with Crippen LogP contribution in [-0.4, -0.2) is 51.9 Å². The van der Waals surface area contributed by atoms with Gasteiger partial charge in [0.15, 0.2) is 11.5 Å². The van der Waals surface area contributed by atoms with Crippen molar-refractivity contribution in [2.24, 2.45) is 5.92 Å². The Kier molecular flexibility index (Phi) is 4.64. The number of H-pyrrole nitrogens is 1. The minimum atomic E-state index is -0.317. The molecule has 0 unspecified atom stereocenters. The van der Waals surface area contributed by atoms with Crippen LogP contribution in [0.3, 0.4) is 0 Å². The van der Waals surface area contributed by atoms with Crippen molar-refractivity contribution in [3.05, 3.63) is 18.5 Å². The molecule has 2 heterocycles. The lowest BCUT2D eigenvalue weighted by Crippen LogP contribution is -2.43. The highest BCUT2D eigenvalue weighted by atomic mass is 16.2. The number of nitrogens with zero attached hydrogens (tertiary/aromatic N) is 3. The van der Waals surface area contributed by atoms with Crippen LogP contribution >= 0.6 is 0 Å². The van der Waals surface area contributed by atoms with Crippen LogP contribution in [0.2, 0.25) is 0 Å². The summed E-state index contributed by atoms with van der Waals surface area (Å²) in [5, 5.41) is 5.64. The monoisotopic (exact) mass is 330 g/mol. The molecule has 1 aliphatic rings. The topological polar surface area (TPSA) is 103 Å². The molecule has 1 fully saturated rings. The van der Waals surface area contributed by atoms with Crippen LogP contribution in [0.1, 0.15) is 25.7 Å². The van der Waals surface area contributed by atoms with Gasteiger partial charge in [0, 0.05) is 32.3 Å². The number of aromatic nitrogens is 3. The highest BCUT2D eigenvalue weighted by Gasteiger charge is 2.29. The number of carbonyl (C=O) groups excluding carboxylic acids is 2. The molecular weight excluding hydrogens is 308 g/mol. The van der Waals surface area contributed by atoms with Crippen LogP contribution < -0.4 is 10.6 Å². The van der Waals surface area contributed by atoms with Gasteiger partial charge in [-0.05, 0) is 25.3 Å².